The molecule has 1 heterocycles. The number of benzene rings is 3. The number of H-pyrrole nitrogens is 1. The molecule has 4 aromatic rings. The lowest BCUT2D eigenvalue weighted by Crippen LogP contribution is -2.51. The SMILES string of the molecule is O=C(NCC12CC3CC(CC(C3)C1)C2)Nc1cccc(CCNC[C@@H](O)c2ccc(OCc3ccccc3)c3[nH]c(=O)ccc23)c1. The van der Waals surface area contributed by atoms with Crippen LogP contribution in [-0.4, -0.2) is 35.8 Å². The van der Waals surface area contributed by atoms with Gasteiger partial charge in [-0.15, -0.1) is 0 Å². The van der Waals surface area contributed by atoms with E-state index >= 15 is 0 Å². The van der Waals surface area contributed by atoms with Gasteiger partial charge >= 0.3 is 6.03 Å². The van der Waals surface area contributed by atoms with Crippen molar-refractivity contribution in [1.29, 1.82) is 0 Å². The van der Waals surface area contributed by atoms with Crippen LogP contribution in [0.3, 0.4) is 0 Å². The summed E-state index contributed by atoms with van der Waals surface area (Å²) in [5.41, 5.74) is 4.30. The number of rotatable bonds is 12. The lowest BCUT2D eigenvalue weighted by atomic mass is 9.49. The molecule has 8 rings (SSSR count). The average Bonchev–Trinajstić information content (AvgIpc) is 3.04. The number of aliphatic hydroxyl groups is 1. The number of amides is 2. The summed E-state index contributed by atoms with van der Waals surface area (Å²) in [5.74, 6) is 3.18. The number of aliphatic hydroxyl groups excluding tert-OH is 1. The maximum Gasteiger partial charge on any atom is 0.319 e. The first kappa shape index (κ1) is 30.5. The second-order valence-electron chi connectivity index (χ2n) is 13.9. The number of ether oxygens (including phenoxy) is 1. The third-order valence-electron chi connectivity index (χ3n) is 10.4. The van der Waals surface area contributed by atoms with Crippen LogP contribution in [0.5, 0.6) is 5.75 Å². The molecular formula is C38H44N4O4. The van der Waals surface area contributed by atoms with Crippen molar-refractivity contribution in [3.05, 3.63) is 106 Å². The van der Waals surface area contributed by atoms with Crippen molar-refractivity contribution >= 4 is 22.6 Å². The molecule has 0 saturated heterocycles. The van der Waals surface area contributed by atoms with E-state index in [0.717, 1.165) is 58.5 Å². The molecule has 4 aliphatic carbocycles. The van der Waals surface area contributed by atoms with Crippen molar-refractivity contribution < 1.29 is 14.6 Å². The van der Waals surface area contributed by atoms with Gasteiger partial charge in [-0.05, 0) is 116 Å². The Labute approximate surface area is 270 Å². The van der Waals surface area contributed by atoms with Gasteiger partial charge in [0.2, 0.25) is 5.56 Å². The van der Waals surface area contributed by atoms with Crippen molar-refractivity contribution in [1.82, 2.24) is 15.6 Å². The Kier molecular flexibility index (Phi) is 8.82. The molecule has 2 amide bonds. The van der Waals surface area contributed by atoms with Crippen LogP contribution < -0.4 is 26.2 Å². The predicted molar refractivity (Wildman–Crippen MR) is 181 cm³/mol. The molecule has 1 atom stereocenters. The lowest BCUT2D eigenvalue weighted by molar-refractivity contribution is -0.0496. The van der Waals surface area contributed by atoms with E-state index in [2.05, 4.69) is 27.0 Å². The summed E-state index contributed by atoms with van der Waals surface area (Å²) in [6.45, 7) is 2.16. The summed E-state index contributed by atoms with van der Waals surface area (Å²) in [4.78, 5) is 27.9. The van der Waals surface area contributed by atoms with Gasteiger partial charge in [-0.2, -0.15) is 0 Å². The van der Waals surface area contributed by atoms with E-state index in [0.29, 0.717) is 36.4 Å². The smallest absolute Gasteiger partial charge is 0.319 e. The molecule has 8 heteroatoms. The van der Waals surface area contributed by atoms with Crippen LogP contribution in [0.1, 0.15) is 61.3 Å². The number of carbonyl (C=O) groups is 1. The van der Waals surface area contributed by atoms with Crippen LogP contribution in [-0.2, 0) is 13.0 Å². The van der Waals surface area contributed by atoms with E-state index in [4.69, 9.17) is 4.74 Å². The third-order valence-corrected chi connectivity index (χ3v) is 10.4. The third kappa shape index (κ3) is 6.98. The van der Waals surface area contributed by atoms with Gasteiger partial charge in [0.1, 0.15) is 12.4 Å². The highest BCUT2D eigenvalue weighted by atomic mass is 16.5. The standard InChI is InChI=1S/C38H44N4O4/c43-33(31-9-11-34(36-32(31)10-12-35(44)42-36)46-23-26-5-2-1-3-6-26)22-39-14-13-25-7-4-8-30(18-25)41-37(45)40-24-38-19-27-15-28(20-38)17-29(16-27)21-38/h1-12,18,27-29,33,39,43H,13-17,19-24H2,(H,42,44)(H2,40,41,45)/t27?,28?,29?,33-,38?/m1/s1. The molecule has 4 fully saturated rings. The number of carbonyl (C=O) groups excluding carboxylic acids is 1. The van der Waals surface area contributed by atoms with Gasteiger partial charge in [0, 0.05) is 30.2 Å². The van der Waals surface area contributed by atoms with Crippen molar-refractivity contribution in [3.8, 4) is 5.75 Å². The zero-order valence-electron chi connectivity index (χ0n) is 26.3. The highest BCUT2D eigenvalue weighted by molar-refractivity contribution is 5.89. The van der Waals surface area contributed by atoms with Crippen LogP contribution in [0.2, 0.25) is 0 Å². The summed E-state index contributed by atoms with van der Waals surface area (Å²) in [7, 11) is 0. The van der Waals surface area contributed by atoms with Gasteiger partial charge in [0.05, 0.1) is 11.6 Å². The van der Waals surface area contributed by atoms with Crippen LogP contribution >= 0.6 is 0 Å². The minimum atomic E-state index is -0.776. The van der Waals surface area contributed by atoms with Crippen LogP contribution in [0.15, 0.2) is 83.7 Å². The number of fused-ring (bicyclic) bond motifs is 1. The fourth-order valence-electron chi connectivity index (χ4n) is 8.73. The Morgan fingerprint density at radius 1 is 0.913 bits per heavy atom. The van der Waals surface area contributed by atoms with E-state index in [1.165, 1.54) is 44.6 Å². The zero-order chi connectivity index (χ0) is 31.5. The number of aromatic nitrogens is 1. The molecular weight excluding hydrogens is 576 g/mol. The Bertz CT molecular complexity index is 1700. The molecule has 4 aliphatic rings. The largest absolute Gasteiger partial charge is 0.487 e. The van der Waals surface area contributed by atoms with Crippen LogP contribution in [0.25, 0.3) is 10.9 Å². The number of nitrogens with one attached hydrogen (secondary N) is 4. The monoisotopic (exact) mass is 620 g/mol. The van der Waals surface area contributed by atoms with E-state index < -0.39 is 6.10 Å². The Balaban J connectivity index is 0.900. The number of aromatic amines is 1. The molecule has 0 radical (unpaired) electrons. The molecule has 0 spiro atoms. The van der Waals surface area contributed by atoms with Crippen molar-refractivity contribution in [3.63, 3.8) is 0 Å². The summed E-state index contributed by atoms with van der Waals surface area (Å²) < 4.78 is 6.04. The molecule has 8 nitrogen and oxygen atoms in total. The molecule has 240 valence electrons. The second kappa shape index (κ2) is 13.3. The van der Waals surface area contributed by atoms with Crippen LogP contribution in [0, 0.1) is 23.2 Å². The van der Waals surface area contributed by atoms with Gasteiger partial charge in [-0.3, -0.25) is 4.79 Å². The molecule has 46 heavy (non-hydrogen) atoms. The number of hydrogen-bond acceptors (Lipinski definition) is 5. The topological polar surface area (TPSA) is 115 Å². The van der Waals surface area contributed by atoms with Gasteiger partial charge in [-0.1, -0.05) is 48.5 Å². The lowest BCUT2D eigenvalue weighted by Gasteiger charge is -2.56. The fourth-order valence-corrected chi connectivity index (χ4v) is 8.73. The minimum Gasteiger partial charge on any atom is -0.487 e. The highest BCUT2D eigenvalue weighted by Gasteiger charge is 2.50. The number of anilines is 1. The van der Waals surface area contributed by atoms with E-state index in [1.807, 2.05) is 54.6 Å². The quantitative estimate of drug-likeness (QED) is 0.119. The van der Waals surface area contributed by atoms with Crippen molar-refractivity contribution in [2.75, 3.05) is 25.0 Å². The first-order valence-corrected chi connectivity index (χ1v) is 16.8. The van der Waals surface area contributed by atoms with Gasteiger partial charge in [0.25, 0.3) is 0 Å². The van der Waals surface area contributed by atoms with Gasteiger partial charge in [-0.25, -0.2) is 4.79 Å². The first-order chi connectivity index (χ1) is 22.4. The normalized spacial score (nSPS) is 23.7. The molecule has 1 aromatic heterocycles. The first-order valence-electron chi connectivity index (χ1n) is 16.8. The Morgan fingerprint density at radius 2 is 1.65 bits per heavy atom. The molecule has 0 aliphatic heterocycles. The van der Waals surface area contributed by atoms with Crippen molar-refractivity contribution in [2.24, 2.45) is 23.2 Å². The summed E-state index contributed by atoms with van der Waals surface area (Å²) >= 11 is 0. The van der Waals surface area contributed by atoms with E-state index in [1.54, 1.807) is 12.1 Å². The molecule has 0 unspecified atom stereocenters. The second-order valence-corrected chi connectivity index (χ2v) is 13.9. The number of pyridine rings is 1. The number of hydrogen-bond donors (Lipinski definition) is 5. The van der Waals surface area contributed by atoms with Gasteiger partial charge < -0.3 is 30.8 Å². The molecule has 3 aromatic carbocycles. The Hall–Kier alpha value is -4.14. The van der Waals surface area contributed by atoms with Gasteiger partial charge in [0.15, 0.2) is 0 Å². The molecule has 4 saturated carbocycles. The predicted octanol–water partition coefficient (Wildman–Crippen LogP) is 6.31. The van der Waals surface area contributed by atoms with E-state index in [9.17, 15) is 14.7 Å². The average molecular weight is 621 g/mol. The summed E-state index contributed by atoms with van der Waals surface area (Å²) in [6, 6.07) is 24.5. The molecule has 4 bridgehead atoms. The Morgan fingerprint density at radius 3 is 2.41 bits per heavy atom. The van der Waals surface area contributed by atoms with Crippen LogP contribution in [0.4, 0.5) is 10.5 Å². The maximum absolute atomic E-state index is 12.8. The zero-order valence-corrected chi connectivity index (χ0v) is 26.3. The molecule has 5 N–H and O–H groups in total. The number of urea groups is 1. The highest BCUT2D eigenvalue weighted by Crippen LogP contribution is 2.59. The minimum absolute atomic E-state index is 0.126. The maximum atomic E-state index is 12.8. The van der Waals surface area contributed by atoms with E-state index in [-0.39, 0.29) is 11.6 Å². The van der Waals surface area contributed by atoms with Crippen molar-refractivity contribution in [2.45, 2.75) is 57.7 Å². The summed E-state index contributed by atoms with van der Waals surface area (Å²) in [5, 5.41) is 21.4. The summed E-state index contributed by atoms with van der Waals surface area (Å²) in [6.07, 6.45) is 8.02. The fraction of sp³-hybridized carbons (Fsp3) is 0.421.